The second kappa shape index (κ2) is 9.11. The third-order valence-electron chi connectivity index (χ3n) is 3.88. The number of halogens is 1. The van der Waals surface area contributed by atoms with E-state index in [4.69, 9.17) is 0 Å². The molecule has 1 aromatic carbocycles. The number of carbonyl (C=O) groups excluding carboxylic acids is 1. The van der Waals surface area contributed by atoms with E-state index >= 15 is 0 Å². The molecule has 0 aliphatic rings. The van der Waals surface area contributed by atoms with Crippen molar-refractivity contribution in [1.82, 2.24) is 15.3 Å². The molecule has 1 N–H and O–H groups in total. The molecule has 0 saturated heterocycles. The van der Waals surface area contributed by atoms with Gasteiger partial charge in [-0.2, -0.15) is 0 Å². The van der Waals surface area contributed by atoms with E-state index in [2.05, 4.69) is 22.2 Å². The second-order valence-electron chi connectivity index (χ2n) is 6.10. The van der Waals surface area contributed by atoms with Gasteiger partial charge >= 0.3 is 0 Å². The number of hydrogen-bond donors (Lipinski definition) is 1. The minimum absolute atomic E-state index is 0.224. The molecule has 5 nitrogen and oxygen atoms in total. The average molecular weight is 344 g/mol. The highest BCUT2D eigenvalue weighted by molar-refractivity contribution is 5.92. The highest BCUT2D eigenvalue weighted by Crippen LogP contribution is 2.10. The summed E-state index contributed by atoms with van der Waals surface area (Å²) in [7, 11) is 1.93. The highest BCUT2D eigenvalue weighted by Gasteiger charge is 2.12. The molecule has 0 unspecified atom stereocenters. The summed E-state index contributed by atoms with van der Waals surface area (Å²) in [6.07, 6.45) is 2.78. The van der Waals surface area contributed by atoms with Crippen LogP contribution in [0, 0.1) is 12.7 Å². The number of rotatable bonds is 8. The normalized spacial score (nSPS) is 10.6. The number of carbonyl (C=O) groups is 1. The van der Waals surface area contributed by atoms with Crippen LogP contribution in [-0.4, -0.2) is 36.0 Å². The second-order valence-corrected chi connectivity index (χ2v) is 6.10. The van der Waals surface area contributed by atoms with E-state index in [0.717, 1.165) is 30.6 Å². The van der Waals surface area contributed by atoms with Crippen LogP contribution in [0.2, 0.25) is 0 Å². The number of anilines is 1. The van der Waals surface area contributed by atoms with Crippen molar-refractivity contribution in [2.24, 2.45) is 0 Å². The van der Waals surface area contributed by atoms with Crippen molar-refractivity contribution < 1.29 is 9.18 Å². The monoisotopic (exact) mass is 344 g/mol. The van der Waals surface area contributed by atoms with Gasteiger partial charge in [0.25, 0.3) is 5.91 Å². The maximum atomic E-state index is 12.9. The molecule has 0 fully saturated rings. The van der Waals surface area contributed by atoms with Crippen molar-refractivity contribution in [3.63, 3.8) is 0 Å². The van der Waals surface area contributed by atoms with Crippen molar-refractivity contribution >= 4 is 11.9 Å². The number of aryl methyl sites for hydroxylation is 1. The van der Waals surface area contributed by atoms with E-state index in [0.29, 0.717) is 24.6 Å². The summed E-state index contributed by atoms with van der Waals surface area (Å²) < 4.78 is 12.9. The van der Waals surface area contributed by atoms with Crippen molar-refractivity contribution in [2.45, 2.75) is 33.1 Å². The maximum absolute atomic E-state index is 12.9. The minimum atomic E-state index is -0.260. The summed E-state index contributed by atoms with van der Waals surface area (Å²) in [5.74, 6) is 0.0823. The molecular formula is C19H25FN4O. The quantitative estimate of drug-likeness (QED) is 0.799. The minimum Gasteiger partial charge on any atom is -0.350 e. The van der Waals surface area contributed by atoms with E-state index < -0.39 is 0 Å². The number of nitrogens with one attached hydrogen (secondary N) is 1. The Kier molecular flexibility index (Phi) is 6.86. The molecule has 0 atom stereocenters. The summed E-state index contributed by atoms with van der Waals surface area (Å²) in [5.41, 5.74) is 2.10. The van der Waals surface area contributed by atoms with Gasteiger partial charge in [0.1, 0.15) is 11.5 Å². The summed E-state index contributed by atoms with van der Waals surface area (Å²) in [6.45, 7) is 5.30. The van der Waals surface area contributed by atoms with Crippen LogP contribution in [0.1, 0.15) is 41.5 Å². The lowest BCUT2D eigenvalue weighted by molar-refractivity contribution is 0.0949. The van der Waals surface area contributed by atoms with Gasteiger partial charge in [-0.1, -0.05) is 25.5 Å². The van der Waals surface area contributed by atoms with Crippen LogP contribution >= 0.6 is 0 Å². The molecule has 6 heteroatoms. The molecule has 0 spiro atoms. The van der Waals surface area contributed by atoms with Crippen LogP contribution in [0.5, 0.6) is 0 Å². The van der Waals surface area contributed by atoms with E-state index in [1.807, 2.05) is 18.9 Å². The molecule has 134 valence electrons. The summed E-state index contributed by atoms with van der Waals surface area (Å²) in [4.78, 5) is 23.1. The summed E-state index contributed by atoms with van der Waals surface area (Å²) in [5, 5.41) is 2.86. The molecule has 0 saturated carbocycles. The zero-order valence-electron chi connectivity index (χ0n) is 15.1. The average Bonchev–Trinajstić information content (AvgIpc) is 2.60. The number of hydrogen-bond acceptors (Lipinski definition) is 4. The van der Waals surface area contributed by atoms with Gasteiger partial charge in [0.2, 0.25) is 5.95 Å². The Morgan fingerprint density at radius 3 is 2.64 bits per heavy atom. The molecule has 1 heterocycles. The highest BCUT2D eigenvalue weighted by atomic mass is 19.1. The Balaban J connectivity index is 1.96. The zero-order valence-corrected chi connectivity index (χ0v) is 15.1. The summed E-state index contributed by atoms with van der Waals surface area (Å²) >= 11 is 0. The Morgan fingerprint density at radius 1 is 1.24 bits per heavy atom. The lowest BCUT2D eigenvalue weighted by atomic mass is 10.1. The predicted octanol–water partition coefficient (Wildman–Crippen LogP) is 3.13. The largest absolute Gasteiger partial charge is 0.350 e. The molecule has 25 heavy (non-hydrogen) atoms. The van der Waals surface area contributed by atoms with Crippen LogP contribution in [0.15, 0.2) is 30.3 Å². The van der Waals surface area contributed by atoms with Crippen molar-refractivity contribution in [3.8, 4) is 0 Å². The number of amides is 1. The first kappa shape index (κ1) is 18.8. The fourth-order valence-corrected chi connectivity index (χ4v) is 2.40. The third-order valence-corrected chi connectivity index (χ3v) is 3.88. The van der Waals surface area contributed by atoms with E-state index in [-0.39, 0.29) is 11.7 Å². The number of aromatic nitrogens is 2. The van der Waals surface area contributed by atoms with Crippen LogP contribution < -0.4 is 10.2 Å². The van der Waals surface area contributed by atoms with Crippen molar-refractivity contribution in [2.75, 3.05) is 25.0 Å². The Labute approximate surface area is 148 Å². The molecule has 1 amide bonds. The van der Waals surface area contributed by atoms with Gasteiger partial charge in [0.05, 0.1) is 0 Å². The molecule has 2 aromatic rings. The fourth-order valence-electron chi connectivity index (χ4n) is 2.40. The van der Waals surface area contributed by atoms with E-state index in [9.17, 15) is 9.18 Å². The van der Waals surface area contributed by atoms with Crippen LogP contribution in [-0.2, 0) is 6.42 Å². The van der Waals surface area contributed by atoms with Crippen LogP contribution in [0.4, 0.5) is 10.3 Å². The standard InChI is InChI=1S/C19H25FN4O/c1-4-5-12-24(3)19-22-14(2)13-17(23-19)18(25)21-11-10-15-6-8-16(20)9-7-15/h6-9,13H,4-5,10-12H2,1-3H3,(H,21,25). The first-order chi connectivity index (χ1) is 12.0. The van der Waals surface area contributed by atoms with Gasteiger partial charge in [-0.3, -0.25) is 4.79 Å². The number of nitrogens with zero attached hydrogens (tertiary/aromatic N) is 3. The Morgan fingerprint density at radius 2 is 1.96 bits per heavy atom. The van der Waals surface area contributed by atoms with Gasteiger partial charge in [0, 0.05) is 25.8 Å². The SMILES string of the molecule is CCCCN(C)c1nc(C)cc(C(=O)NCCc2ccc(F)cc2)n1. The Bertz CT molecular complexity index is 703. The molecule has 0 aliphatic carbocycles. The van der Waals surface area contributed by atoms with Crippen LogP contribution in [0.25, 0.3) is 0 Å². The van der Waals surface area contributed by atoms with Crippen molar-refractivity contribution in [3.05, 3.63) is 53.1 Å². The third kappa shape index (κ3) is 5.81. The molecule has 0 aliphatic heterocycles. The lowest BCUT2D eigenvalue weighted by Gasteiger charge is -2.17. The molecule has 0 bridgehead atoms. The molecular weight excluding hydrogens is 319 g/mol. The molecule has 0 radical (unpaired) electrons. The smallest absolute Gasteiger partial charge is 0.270 e. The van der Waals surface area contributed by atoms with Gasteiger partial charge in [-0.05, 0) is 43.5 Å². The maximum Gasteiger partial charge on any atom is 0.270 e. The zero-order chi connectivity index (χ0) is 18.2. The molecule has 2 rings (SSSR count). The Hall–Kier alpha value is -2.50. The van der Waals surface area contributed by atoms with Crippen molar-refractivity contribution in [1.29, 1.82) is 0 Å². The van der Waals surface area contributed by atoms with Gasteiger partial charge in [0.15, 0.2) is 0 Å². The molecule has 1 aromatic heterocycles. The van der Waals surface area contributed by atoms with Gasteiger partial charge < -0.3 is 10.2 Å². The predicted molar refractivity (Wildman–Crippen MR) is 97.4 cm³/mol. The van der Waals surface area contributed by atoms with E-state index in [1.54, 1.807) is 18.2 Å². The van der Waals surface area contributed by atoms with Gasteiger partial charge in [-0.25, -0.2) is 14.4 Å². The number of benzene rings is 1. The summed E-state index contributed by atoms with van der Waals surface area (Å²) in [6, 6.07) is 7.96. The van der Waals surface area contributed by atoms with E-state index in [1.165, 1.54) is 12.1 Å². The van der Waals surface area contributed by atoms with Crippen LogP contribution in [0.3, 0.4) is 0 Å². The first-order valence-corrected chi connectivity index (χ1v) is 8.59. The topological polar surface area (TPSA) is 58.1 Å². The first-order valence-electron chi connectivity index (χ1n) is 8.59. The van der Waals surface area contributed by atoms with Gasteiger partial charge in [-0.15, -0.1) is 0 Å². The fraction of sp³-hybridized carbons (Fsp3) is 0.421. The lowest BCUT2D eigenvalue weighted by Crippen LogP contribution is -2.28. The number of unbranched alkanes of at least 4 members (excludes halogenated alkanes) is 1.